The molecule has 0 amide bonds. The second-order valence-corrected chi connectivity index (χ2v) is 5.67. The van der Waals surface area contributed by atoms with Crippen molar-refractivity contribution >= 4 is 45.9 Å². The molecule has 1 N–H and O–H groups in total. The molecule has 0 saturated carbocycles. The van der Waals surface area contributed by atoms with Crippen LogP contribution < -0.4 is 5.32 Å². The Hall–Kier alpha value is -0.340. The number of benzene rings is 1. The highest BCUT2D eigenvalue weighted by Gasteiger charge is 2.08. The molecule has 21 heavy (non-hydrogen) atoms. The molecule has 1 aromatic carbocycles. The van der Waals surface area contributed by atoms with E-state index in [-0.39, 0.29) is 24.0 Å². The molecule has 0 fully saturated rings. The summed E-state index contributed by atoms with van der Waals surface area (Å²) in [6.45, 7) is 5.96. The third-order valence-corrected chi connectivity index (χ3v) is 4.03. The summed E-state index contributed by atoms with van der Waals surface area (Å²) in [6.07, 6.45) is 0. The van der Waals surface area contributed by atoms with E-state index >= 15 is 0 Å². The van der Waals surface area contributed by atoms with Gasteiger partial charge in [-0.2, -0.15) is 0 Å². The first-order valence-electron chi connectivity index (χ1n) is 6.92. The van der Waals surface area contributed by atoms with Gasteiger partial charge in [0.2, 0.25) is 0 Å². The second kappa shape index (κ2) is 11.3. The highest BCUT2D eigenvalue weighted by Crippen LogP contribution is 2.17. The second-order valence-electron chi connectivity index (χ2n) is 4.82. The Labute approximate surface area is 154 Å². The van der Waals surface area contributed by atoms with Gasteiger partial charge in [0.15, 0.2) is 5.96 Å². The third-order valence-electron chi connectivity index (χ3n) is 3.26. The summed E-state index contributed by atoms with van der Waals surface area (Å²) in [5, 5.41) is 3.39. The maximum atomic E-state index is 4.33. The van der Waals surface area contributed by atoms with Gasteiger partial charge < -0.3 is 15.1 Å². The number of rotatable bonds is 6. The van der Waals surface area contributed by atoms with Gasteiger partial charge in [-0.3, -0.25) is 4.99 Å². The molecule has 1 aromatic rings. The molecule has 0 aromatic heterocycles. The van der Waals surface area contributed by atoms with Crippen molar-refractivity contribution in [2.24, 2.45) is 4.99 Å². The van der Waals surface area contributed by atoms with Crippen molar-refractivity contribution in [3.8, 4) is 0 Å². The number of nitrogens with one attached hydrogen (secondary N) is 1. The quantitative estimate of drug-likeness (QED) is 0.395. The van der Waals surface area contributed by atoms with Crippen LogP contribution in [-0.2, 0) is 6.54 Å². The summed E-state index contributed by atoms with van der Waals surface area (Å²) in [5.41, 5.74) is 1.25. The highest BCUT2D eigenvalue weighted by atomic mass is 127. The smallest absolute Gasteiger partial charge is 0.193 e. The Morgan fingerprint density at radius 3 is 2.52 bits per heavy atom. The minimum absolute atomic E-state index is 0. The molecular weight excluding hydrogens is 443 g/mol. The monoisotopic (exact) mass is 468 g/mol. The van der Waals surface area contributed by atoms with Gasteiger partial charge in [0, 0.05) is 38.2 Å². The summed E-state index contributed by atoms with van der Waals surface area (Å²) < 4.78 is 1.13. The van der Waals surface area contributed by atoms with Crippen LogP contribution in [0.4, 0.5) is 0 Å². The van der Waals surface area contributed by atoms with Crippen LogP contribution in [0.15, 0.2) is 33.7 Å². The number of hydrogen-bond donors (Lipinski definition) is 1. The lowest BCUT2D eigenvalue weighted by Gasteiger charge is -2.23. The van der Waals surface area contributed by atoms with Gasteiger partial charge in [0.05, 0.1) is 0 Å². The number of nitrogens with zero attached hydrogens (tertiary/aromatic N) is 3. The molecule has 0 atom stereocenters. The number of hydrogen-bond acceptors (Lipinski definition) is 2. The van der Waals surface area contributed by atoms with Crippen molar-refractivity contribution in [2.75, 3.05) is 40.8 Å². The first kappa shape index (κ1) is 20.7. The van der Waals surface area contributed by atoms with Crippen molar-refractivity contribution in [1.82, 2.24) is 15.1 Å². The van der Waals surface area contributed by atoms with Crippen LogP contribution >= 0.6 is 39.9 Å². The highest BCUT2D eigenvalue weighted by molar-refractivity contribution is 14.0. The van der Waals surface area contributed by atoms with Gasteiger partial charge in [0.1, 0.15) is 0 Å². The number of guanidine groups is 1. The van der Waals surface area contributed by atoms with Crippen molar-refractivity contribution in [3.05, 3.63) is 34.3 Å². The van der Waals surface area contributed by atoms with E-state index in [1.807, 2.05) is 13.1 Å². The summed E-state index contributed by atoms with van der Waals surface area (Å²) in [6, 6.07) is 8.27. The number of halogens is 2. The van der Waals surface area contributed by atoms with Crippen molar-refractivity contribution in [1.29, 1.82) is 0 Å². The molecule has 120 valence electrons. The van der Waals surface area contributed by atoms with Crippen LogP contribution in [0.5, 0.6) is 0 Å². The lowest BCUT2D eigenvalue weighted by atomic mass is 10.2. The van der Waals surface area contributed by atoms with E-state index in [1.54, 1.807) is 0 Å². The zero-order chi connectivity index (χ0) is 15.0. The molecule has 0 saturated heterocycles. The van der Waals surface area contributed by atoms with Crippen molar-refractivity contribution in [3.63, 3.8) is 0 Å². The van der Waals surface area contributed by atoms with Crippen LogP contribution in [0.25, 0.3) is 0 Å². The topological polar surface area (TPSA) is 30.9 Å². The molecule has 0 aliphatic heterocycles. The Kier molecular flexibility index (Phi) is 11.1. The average Bonchev–Trinajstić information content (AvgIpc) is 2.45. The maximum Gasteiger partial charge on any atom is 0.193 e. The molecule has 0 heterocycles. The van der Waals surface area contributed by atoms with E-state index in [9.17, 15) is 0 Å². The van der Waals surface area contributed by atoms with Gasteiger partial charge in [-0.25, -0.2) is 0 Å². The Morgan fingerprint density at radius 1 is 1.29 bits per heavy atom. The molecule has 0 aliphatic carbocycles. The third kappa shape index (κ3) is 7.46. The standard InChI is InChI=1S/C15H25BrN4.HI/c1-5-19(3)11-10-18-15(17-2)20(4)12-13-8-6-7-9-14(13)16;/h6-9H,5,10-12H2,1-4H3,(H,17,18);1H. The normalized spacial score (nSPS) is 11.2. The van der Waals surface area contributed by atoms with Gasteiger partial charge in [0.25, 0.3) is 0 Å². The summed E-state index contributed by atoms with van der Waals surface area (Å²) in [5.74, 6) is 0.922. The lowest BCUT2D eigenvalue weighted by molar-refractivity contribution is 0.353. The minimum Gasteiger partial charge on any atom is -0.355 e. The fourth-order valence-electron chi connectivity index (χ4n) is 1.86. The van der Waals surface area contributed by atoms with E-state index in [4.69, 9.17) is 0 Å². The first-order valence-corrected chi connectivity index (χ1v) is 7.71. The molecule has 0 spiro atoms. The fraction of sp³-hybridized carbons (Fsp3) is 0.533. The minimum atomic E-state index is 0. The number of likely N-dealkylation sites (N-methyl/N-ethyl adjacent to an activating group) is 1. The van der Waals surface area contributed by atoms with Gasteiger partial charge >= 0.3 is 0 Å². The van der Waals surface area contributed by atoms with Crippen LogP contribution in [0, 0.1) is 0 Å². The van der Waals surface area contributed by atoms with E-state index in [0.29, 0.717) is 0 Å². The summed E-state index contributed by atoms with van der Waals surface area (Å²) in [4.78, 5) is 8.74. The molecule has 0 radical (unpaired) electrons. The van der Waals surface area contributed by atoms with Crippen LogP contribution in [-0.4, -0.2) is 56.5 Å². The average molecular weight is 469 g/mol. The van der Waals surface area contributed by atoms with Gasteiger partial charge in [-0.05, 0) is 25.2 Å². The Bertz CT molecular complexity index is 439. The van der Waals surface area contributed by atoms with Gasteiger partial charge in [-0.1, -0.05) is 41.1 Å². The van der Waals surface area contributed by atoms with Gasteiger partial charge in [-0.15, -0.1) is 24.0 Å². The largest absolute Gasteiger partial charge is 0.355 e. The van der Waals surface area contributed by atoms with Crippen molar-refractivity contribution < 1.29 is 0 Å². The molecule has 4 nitrogen and oxygen atoms in total. The molecular formula is C15H26BrIN4. The van der Waals surface area contributed by atoms with E-state index in [1.165, 1.54) is 5.56 Å². The van der Waals surface area contributed by atoms with Crippen LogP contribution in [0.3, 0.4) is 0 Å². The Morgan fingerprint density at radius 2 is 1.95 bits per heavy atom. The molecule has 1 rings (SSSR count). The predicted octanol–water partition coefficient (Wildman–Crippen LogP) is 3.03. The van der Waals surface area contributed by atoms with E-state index in [2.05, 4.69) is 75.3 Å². The van der Waals surface area contributed by atoms with E-state index in [0.717, 1.165) is 36.6 Å². The fourth-order valence-corrected chi connectivity index (χ4v) is 2.27. The zero-order valence-corrected chi connectivity index (χ0v) is 17.2. The molecule has 0 aliphatic rings. The molecule has 6 heteroatoms. The summed E-state index contributed by atoms with van der Waals surface area (Å²) >= 11 is 3.58. The lowest BCUT2D eigenvalue weighted by Crippen LogP contribution is -2.41. The summed E-state index contributed by atoms with van der Waals surface area (Å²) in [7, 11) is 6.00. The maximum absolute atomic E-state index is 4.33. The predicted molar refractivity (Wildman–Crippen MR) is 106 cm³/mol. The molecule has 0 unspecified atom stereocenters. The zero-order valence-electron chi connectivity index (χ0n) is 13.3. The van der Waals surface area contributed by atoms with Crippen LogP contribution in [0.2, 0.25) is 0 Å². The molecule has 0 bridgehead atoms. The van der Waals surface area contributed by atoms with Crippen molar-refractivity contribution in [2.45, 2.75) is 13.5 Å². The Balaban J connectivity index is 0.00000400. The number of aliphatic imine (C=N–C) groups is 1. The van der Waals surface area contributed by atoms with E-state index < -0.39 is 0 Å². The SMILES string of the molecule is CCN(C)CCNC(=NC)N(C)Cc1ccccc1Br.I. The van der Waals surface area contributed by atoms with Crippen LogP contribution in [0.1, 0.15) is 12.5 Å². The first-order chi connectivity index (χ1) is 9.58.